The van der Waals surface area contributed by atoms with Gasteiger partial charge >= 0.3 is 0 Å². The van der Waals surface area contributed by atoms with Gasteiger partial charge in [0.2, 0.25) is 0 Å². The van der Waals surface area contributed by atoms with E-state index in [2.05, 4.69) is 0 Å². The monoisotopic (exact) mass is 188 g/mol. The molecule has 0 bridgehead atoms. The maximum absolute atomic E-state index is 12.8. The molecule has 0 saturated heterocycles. The summed E-state index contributed by atoms with van der Waals surface area (Å²) in [5.74, 6) is -0.460. The minimum atomic E-state index is -0.460. The average Bonchev–Trinajstić information content (AvgIpc) is 2.08. The summed E-state index contributed by atoms with van der Waals surface area (Å²) in [5, 5.41) is 0.0652. The molecule has 0 heterocycles. The number of hydrogen-bond acceptors (Lipinski definition) is 2. The van der Waals surface area contributed by atoms with Crippen molar-refractivity contribution in [3.05, 3.63) is 34.6 Å². The van der Waals surface area contributed by atoms with E-state index in [-0.39, 0.29) is 11.6 Å². The lowest BCUT2D eigenvalue weighted by Gasteiger charge is -2.10. The van der Waals surface area contributed by atoms with Crippen molar-refractivity contribution in [2.24, 2.45) is 11.5 Å². The Morgan fingerprint density at radius 3 is 2.75 bits per heavy atom. The predicted molar refractivity (Wildman–Crippen MR) is 47.4 cm³/mol. The Kier molecular flexibility index (Phi) is 3.03. The Hall–Kier alpha value is -0.640. The van der Waals surface area contributed by atoms with Gasteiger partial charge in [-0.15, -0.1) is 0 Å². The van der Waals surface area contributed by atoms with E-state index in [1.54, 1.807) is 12.1 Å². The molecule has 0 radical (unpaired) electrons. The van der Waals surface area contributed by atoms with Gasteiger partial charge in [-0.3, -0.25) is 0 Å². The van der Waals surface area contributed by atoms with Gasteiger partial charge in [0, 0.05) is 12.6 Å². The number of nitrogens with two attached hydrogens (primary N) is 2. The van der Waals surface area contributed by atoms with Crippen molar-refractivity contribution in [2.75, 3.05) is 6.54 Å². The molecule has 1 aromatic carbocycles. The highest BCUT2D eigenvalue weighted by molar-refractivity contribution is 6.31. The van der Waals surface area contributed by atoms with Crippen LogP contribution in [0.15, 0.2) is 18.2 Å². The zero-order chi connectivity index (χ0) is 9.14. The van der Waals surface area contributed by atoms with Crippen molar-refractivity contribution in [1.82, 2.24) is 0 Å². The fraction of sp³-hybridized carbons (Fsp3) is 0.250. The van der Waals surface area contributed by atoms with Gasteiger partial charge in [0.1, 0.15) is 5.82 Å². The van der Waals surface area contributed by atoms with Crippen molar-refractivity contribution in [3.8, 4) is 0 Å². The van der Waals surface area contributed by atoms with E-state index in [1.165, 1.54) is 6.07 Å². The molecule has 4 N–H and O–H groups in total. The zero-order valence-corrected chi connectivity index (χ0v) is 7.18. The molecule has 0 unspecified atom stereocenters. The van der Waals surface area contributed by atoms with Gasteiger partial charge in [0.15, 0.2) is 0 Å². The largest absolute Gasteiger partial charge is 0.329 e. The van der Waals surface area contributed by atoms with E-state index in [1.807, 2.05) is 0 Å². The summed E-state index contributed by atoms with van der Waals surface area (Å²) in [5.41, 5.74) is 11.5. The third-order valence-electron chi connectivity index (χ3n) is 1.63. The third kappa shape index (κ3) is 1.75. The number of halogens is 2. The molecule has 0 aliphatic heterocycles. The quantitative estimate of drug-likeness (QED) is 0.738. The molecular weight excluding hydrogens is 179 g/mol. The van der Waals surface area contributed by atoms with E-state index < -0.39 is 11.9 Å². The summed E-state index contributed by atoms with van der Waals surface area (Å²) in [6.07, 6.45) is 0. The second-order valence-electron chi connectivity index (χ2n) is 2.49. The molecule has 0 aliphatic rings. The second kappa shape index (κ2) is 3.85. The van der Waals surface area contributed by atoms with E-state index >= 15 is 0 Å². The van der Waals surface area contributed by atoms with Crippen molar-refractivity contribution in [1.29, 1.82) is 0 Å². The van der Waals surface area contributed by atoms with Crippen molar-refractivity contribution in [2.45, 2.75) is 6.04 Å². The predicted octanol–water partition coefficient (Wildman–Crippen LogP) is 1.44. The lowest BCUT2D eigenvalue weighted by molar-refractivity contribution is 0.620. The molecule has 12 heavy (non-hydrogen) atoms. The molecule has 1 rings (SSSR count). The van der Waals surface area contributed by atoms with Crippen LogP contribution in [0.5, 0.6) is 0 Å². The number of rotatable bonds is 2. The van der Waals surface area contributed by atoms with Crippen LogP contribution in [-0.4, -0.2) is 6.54 Å². The normalized spacial score (nSPS) is 13.0. The summed E-state index contributed by atoms with van der Waals surface area (Å²) >= 11 is 5.66. The third-order valence-corrected chi connectivity index (χ3v) is 2.03. The van der Waals surface area contributed by atoms with Gasteiger partial charge in [0.05, 0.1) is 5.02 Å². The van der Waals surface area contributed by atoms with Crippen LogP contribution in [0.4, 0.5) is 4.39 Å². The van der Waals surface area contributed by atoms with Crippen LogP contribution in [-0.2, 0) is 0 Å². The Balaban J connectivity index is 3.07. The molecule has 0 aliphatic carbocycles. The topological polar surface area (TPSA) is 52.0 Å². The highest BCUT2D eigenvalue weighted by Gasteiger charge is 2.10. The van der Waals surface area contributed by atoms with Gasteiger partial charge in [-0.25, -0.2) is 4.39 Å². The number of benzene rings is 1. The van der Waals surface area contributed by atoms with Gasteiger partial charge < -0.3 is 11.5 Å². The standard InChI is InChI=1S/C8H10ClFN2/c9-8-5(7(12)4-11)2-1-3-6(8)10/h1-3,7H,4,11-12H2/t7-/m0/s1. The zero-order valence-electron chi connectivity index (χ0n) is 6.43. The van der Waals surface area contributed by atoms with E-state index in [4.69, 9.17) is 23.1 Å². The Bertz CT molecular complexity index is 278. The van der Waals surface area contributed by atoms with Crippen molar-refractivity contribution >= 4 is 11.6 Å². The SMILES string of the molecule is NC[C@H](N)c1cccc(F)c1Cl. The lowest BCUT2D eigenvalue weighted by Crippen LogP contribution is -2.21. The maximum atomic E-state index is 12.8. The molecule has 4 heteroatoms. The lowest BCUT2D eigenvalue weighted by atomic mass is 10.1. The fourth-order valence-corrected chi connectivity index (χ4v) is 1.20. The van der Waals surface area contributed by atoms with Gasteiger partial charge in [-0.1, -0.05) is 23.7 Å². The highest BCUT2D eigenvalue weighted by Crippen LogP contribution is 2.23. The molecule has 0 amide bonds. The van der Waals surface area contributed by atoms with Crippen LogP contribution in [0.25, 0.3) is 0 Å². The van der Waals surface area contributed by atoms with Crippen molar-refractivity contribution in [3.63, 3.8) is 0 Å². The van der Waals surface area contributed by atoms with E-state index in [0.29, 0.717) is 5.56 Å². The summed E-state index contributed by atoms with van der Waals surface area (Å²) in [4.78, 5) is 0. The molecule has 2 nitrogen and oxygen atoms in total. The average molecular weight is 189 g/mol. The summed E-state index contributed by atoms with van der Waals surface area (Å²) in [6, 6.07) is 4.12. The first-order valence-corrected chi connectivity index (χ1v) is 3.94. The molecule has 1 atom stereocenters. The van der Waals surface area contributed by atoms with Gasteiger partial charge in [0.25, 0.3) is 0 Å². The number of hydrogen-bond donors (Lipinski definition) is 2. The maximum Gasteiger partial charge on any atom is 0.142 e. The van der Waals surface area contributed by atoms with Gasteiger partial charge in [-0.05, 0) is 11.6 Å². The van der Waals surface area contributed by atoms with Crippen molar-refractivity contribution < 1.29 is 4.39 Å². The molecule has 0 fully saturated rings. The summed E-state index contributed by atoms with van der Waals surface area (Å²) in [6.45, 7) is 0.253. The molecule has 0 aromatic heterocycles. The molecule has 0 spiro atoms. The minimum absolute atomic E-state index is 0.0652. The second-order valence-corrected chi connectivity index (χ2v) is 2.86. The molecule has 0 saturated carbocycles. The summed E-state index contributed by atoms with van der Waals surface area (Å²) < 4.78 is 12.8. The van der Waals surface area contributed by atoms with Crippen LogP contribution in [0.2, 0.25) is 5.02 Å². The van der Waals surface area contributed by atoms with Crippen LogP contribution >= 0.6 is 11.6 Å². The van der Waals surface area contributed by atoms with Crippen LogP contribution in [0.3, 0.4) is 0 Å². The van der Waals surface area contributed by atoms with Crippen LogP contribution in [0, 0.1) is 5.82 Å². The fourth-order valence-electron chi connectivity index (χ4n) is 0.934. The molecular formula is C8H10ClFN2. The van der Waals surface area contributed by atoms with Gasteiger partial charge in [-0.2, -0.15) is 0 Å². The molecule has 1 aromatic rings. The Labute approximate surface area is 75.3 Å². The summed E-state index contributed by atoms with van der Waals surface area (Å²) in [7, 11) is 0. The first-order chi connectivity index (χ1) is 5.66. The minimum Gasteiger partial charge on any atom is -0.329 e. The molecule has 66 valence electrons. The van der Waals surface area contributed by atoms with E-state index in [0.717, 1.165) is 0 Å². The first kappa shape index (κ1) is 9.45. The first-order valence-electron chi connectivity index (χ1n) is 3.56. The van der Waals surface area contributed by atoms with Crippen LogP contribution in [0.1, 0.15) is 11.6 Å². The highest BCUT2D eigenvalue weighted by atomic mass is 35.5. The van der Waals surface area contributed by atoms with Crippen LogP contribution < -0.4 is 11.5 Å². The smallest absolute Gasteiger partial charge is 0.142 e. The Morgan fingerprint density at radius 2 is 2.17 bits per heavy atom. The van der Waals surface area contributed by atoms with E-state index in [9.17, 15) is 4.39 Å². The Morgan fingerprint density at radius 1 is 1.50 bits per heavy atom.